The van der Waals surface area contributed by atoms with Crippen molar-refractivity contribution in [3.63, 3.8) is 0 Å². The van der Waals surface area contributed by atoms with Gasteiger partial charge in [-0.15, -0.1) is 0 Å². The van der Waals surface area contributed by atoms with Gasteiger partial charge in [0.2, 0.25) is 23.5 Å². The standard InChI is InChI=1S/C10H14N4O3/c1-6(15)11-8-9(14-17-13-8)12-10(16)7-4-2-3-5-7/h7H,2-5H2,1H3,(H,11,13,15)(H,12,14,16). The zero-order valence-corrected chi connectivity index (χ0v) is 9.52. The highest BCUT2D eigenvalue weighted by Gasteiger charge is 2.24. The van der Waals surface area contributed by atoms with Crippen LogP contribution >= 0.6 is 0 Å². The van der Waals surface area contributed by atoms with E-state index in [1.54, 1.807) is 0 Å². The number of carbonyl (C=O) groups excluding carboxylic acids is 2. The zero-order valence-electron chi connectivity index (χ0n) is 9.52. The zero-order chi connectivity index (χ0) is 12.3. The van der Waals surface area contributed by atoms with Crippen LogP contribution in [0.15, 0.2) is 4.63 Å². The van der Waals surface area contributed by atoms with E-state index in [1.807, 2.05) is 0 Å². The topological polar surface area (TPSA) is 97.1 Å². The predicted octanol–water partition coefficient (Wildman–Crippen LogP) is 1.16. The second-order valence-electron chi connectivity index (χ2n) is 4.11. The molecule has 2 rings (SSSR count). The molecule has 17 heavy (non-hydrogen) atoms. The van der Waals surface area contributed by atoms with Gasteiger partial charge in [0.15, 0.2) is 0 Å². The number of amides is 2. The van der Waals surface area contributed by atoms with Gasteiger partial charge in [-0.1, -0.05) is 12.8 Å². The van der Waals surface area contributed by atoms with Gasteiger partial charge in [0.1, 0.15) is 0 Å². The summed E-state index contributed by atoms with van der Waals surface area (Å²) in [5.41, 5.74) is 0. The van der Waals surface area contributed by atoms with Gasteiger partial charge >= 0.3 is 0 Å². The van der Waals surface area contributed by atoms with E-state index in [0.717, 1.165) is 25.7 Å². The monoisotopic (exact) mass is 238 g/mol. The van der Waals surface area contributed by atoms with Gasteiger partial charge in [0, 0.05) is 12.8 Å². The molecule has 0 spiro atoms. The third-order valence-electron chi connectivity index (χ3n) is 2.75. The lowest BCUT2D eigenvalue weighted by molar-refractivity contribution is -0.119. The van der Waals surface area contributed by atoms with E-state index in [1.165, 1.54) is 6.92 Å². The Morgan fingerprint density at radius 1 is 1.18 bits per heavy atom. The van der Waals surface area contributed by atoms with Crippen LogP contribution in [0.4, 0.5) is 11.6 Å². The first-order valence-electron chi connectivity index (χ1n) is 5.58. The Morgan fingerprint density at radius 3 is 2.35 bits per heavy atom. The highest BCUT2D eigenvalue weighted by Crippen LogP contribution is 2.26. The van der Waals surface area contributed by atoms with Crippen molar-refractivity contribution in [3.8, 4) is 0 Å². The van der Waals surface area contributed by atoms with E-state index in [9.17, 15) is 9.59 Å². The van der Waals surface area contributed by atoms with Gasteiger partial charge in [-0.3, -0.25) is 9.59 Å². The fraction of sp³-hybridized carbons (Fsp3) is 0.600. The van der Waals surface area contributed by atoms with Gasteiger partial charge in [0.25, 0.3) is 0 Å². The number of nitrogens with one attached hydrogen (secondary N) is 2. The van der Waals surface area contributed by atoms with Crippen LogP contribution in [-0.4, -0.2) is 22.1 Å². The number of anilines is 2. The smallest absolute Gasteiger partial charge is 0.228 e. The van der Waals surface area contributed by atoms with Gasteiger partial charge in [-0.05, 0) is 23.2 Å². The molecule has 1 heterocycles. The maximum Gasteiger partial charge on any atom is 0.228 e. The van der Waals surface area contributed by atoms with Crippen molar-refractivity contribution in [2.24, 2.45) is 5.92 Å². The summed E-state index contributed by atoms with van der Waals surface area (Å²) in [5, 5.41) is 12.1. The molecular weight excluding hydrogens is 224 g/mol. The minimum atomic E-state index is -0.294. The van der Waals surface area contributed by atoms with Crippen molar-refractivity contribution in [1.29, 1.82) is 0 Å². The quantitative estimate of drug-likeness (QED) is 0.823. The fourth-order valence-electron chi connectivity index (χ4n) is 1.93. The van der Waals surface area contributed by atoms with Gasteiger partial charge < -0.3 is 10.6 Å². The summed E-state index contributed by atoms with van der Waals surface area (Å²) in [5.74, 6) is -0.0558. The van der Waals surface area contributed by atoms with Crippen LogP contribution in [-0.2, 0) is 9.59 Å². The number of hydrogen-bond acceptors (Lipinski definition) is 5. The number of rotatable bonds is 3. The lowest BCUT2D eigenvalue weighted by atomic mass is 10.1. The molecule has 2 N–H and O–H groups in total. The highest BCUT2D eigenvalue weighted by molar-refractivity contribution is 5.97. The first-order valence-corrected chi connectivity index (χ1v) is 5.58. The second-order valence-corrected chi connectivity index (χ2v) is 4.11. The summed E-state index contributed by atoms with van der Waals surface area (Å²) in [6.45, 7) is 1.34. The summed E-state index contributed by atoms with van der Waals surface area (Å²) in [6.07, 6.45) is 3.95. The minimum Gasteiger partial charge on any atom is -0.305 e. The largest absolute Gasteiger partial charge is 0.305 e. The number of aromatic nitrogens is 2. The van der Waals surface area contributed by atoms with Crippen LogP contribution in [0.3, 0.4) is 0 Å². The first-order chi connectivity index (χ1) is 8.16. The van der Waals surface area contributed by atoms with E-state index in [4.69, 9.17) is 0 Å². The van der Waals surface area contributed by atoms with Crippen LogP contribution in [0.2, 0.25) is 0 Å². The summed E-state index contributed by atoms with van der Waals surface area (Å²) in [6, 6.07) is 0. The van der Waals surface area contributed by atoms with Crippen LogP contribution < -0.4 is 10.6 Å². The molecule has 1 aliphatic carbocycles. The van der Waals surface area contributed by atoms with E-state index in [-0.39, 0.29) is 29.4 Å². The van der Waals surface area contributed by atoms with Gasteiger partial charge in [0.05, 0.1) is 0 Å². The molecule has 0 aliphatic heterocycles. The molecule has 0 saturated heterocycles. The average molecular weight is 238 g/mol. The van der Waals surface area contributed by atoms with Crippen LogP contribution in [0.25, 0.3) is 0 Å². The number of carbonyl (C=O) groups is 2. The summed E-state index contributed by atoms with van der Waals surface area (Å²) in [4.78, 5) is 22.7. The normalized spacial score (nSPS) is 15.8. The van der Waals surface area contributed by atoms with E-state index < -0.39 is 0 Å². The average Bonchev–Trinajstić information content (AvgIpc) is 2.89. The van der Waals surface area contributed by atoms with Crippen LogP contribution in [0.1, 0.15) is 32.6 Å². The van der Waals surface area contributed by atoms with Crippen molar-refractivity contribution in [2.45, 2.75) is 32.6 Å². The van der Waals surface area contributed by atoms with Crippen molar-refractivity contribution >= 4 is 23.5 Å². The molecule has 1 aliphatic rings. The molecule has 0 atom stereocenters. The number of hydrogen-bond donors (Lipinski definition) is 2. The Morgan fingerprint density at radius 2 is 1.76 bits per heavy atom. The molecule has 0 radical (unpaired) electrons. The van der Waals surface area contributed by atoms with Crippen molar-refractivity contribution in [3.05, 3.63) is 0 Å². The van der Waals surface area contributed by atoms with Crippen molar-refractivity contribution < 1.29 is 14.2 Å². The van der Waals surface area contributed by atoms with Crippen molar-refractivity contribution in [2.75, 3.05) is 10.6 Å². The molecule has 0 bridgehead atoms. The summed E-state index contributed by atoms with van der Waals surface area (Å²) in [7, 11) is 0. The molecule has 0 unspecified atom stereocenters. The molecule has 1 aromatic heterocycles. The van der Waals surface area contributed by atoms with Gasteiger partial charge in [-0.25, -0.2) is 4.63 Å². The predicted molar refractivity (Wildman–Crippen MR) is 59.2 cm³/mol. The molecule has 2 amide bonds. The molecular formula is C10H14N4O3. The van der Waals surface area contributed by atoms with Crippen LogP contribution in [0.5, 0.6) is 0 Å². The third kappa shape index (κ3) is 2.80. The van der Waals surface area contributed by atoms with Gasteiger partial charge in [-0.2, -0.15) is 0 Å². The fourth-order valence-corrected chi connectivity index (χ4v) is 1.93. The van der Waals surface area contributed by atoms with Crippen molar-refractivity contribution in [1.82, 2.24) is 10.3 Å². The SMILES string of the molecule is CC(=O)Nc1nonc1NC(=O)C1CCCC1. The minimum absolute atomic E-state index is 0.0249. The Balaban J connectivity index is 2.00. The van der Waals surface area contributed by atoms with E-state index >= 15 is 0 Å². The molecule has 0 aromatic carbocycles. The Bertz CT molecular complexity index is 423. The lowest BCUT2D eigenvalue weighted by Gasteiger charge is -2.08. The third-order valence-corrected chi connectivity index (χ3v) is 2.75. The molecule has 1 fully saturated rings. The second kappa shape index (κ2) is 4.94. The number of nitrogens with zero attached hydrogens (tertiary/aromatic N) is 2. The summed E-state index contributed by atoms with van der Waals surface area (Å²) >= 11 is 0. The maximum atomic E-state index is 11.8. The highest BCUT2D eigenvalue weighted by atomic mass is 16.6. The Hall–Kier alpha value is -1.92. The first kappa shape index (κ1) is 11.6. The molecule has 92 valence electrons. The van der Waals surface area contributed by atoms with Crippen LogP contribution in [0, 0.1) is 5.92 Å². The molecule has 1 saturated carbocycles. The maximum absolute atomic E-state index is 11.8. The molecule has 7 heteroatoms. The Labute approximate surface area is 97.9 Å². The molecule has 1 aromatic rings. The molecule has 7 nitrogen and oxygen atoms in total. The van der Waals surface area contributed by atoms with E-state index in [0.29, 0.717) is 0 Å². The summed E-state index contributed by atoms with van der Waals surface area (Å²) < 4.78 is 4.48. The Kier molecular flexibility index (Phi) is 3.36. The lowest BCUT2D eigenvalue weighted by Crippen LogP contribution is -2.21. The van der Waals surface area contributed by atoms with E-state index in [2.05, 4.69) is 25.6 Å².